The molecule has 0 amide bonds. The highest BCUT2D eigenvalue weighted by Crippen LogP contribution is 2.43. The van der Waals surface area contributed by atoms with Crippen LogP contribution in [-0.4, -0.2) is 154 Å². The van der Waals surface area contributed by atoms with Gasteiger partial charge in [-0.3, -0.25) is 24.6 Å². The second-order valence-corrected chi connectivity index (χ2v) is 33.7. The van der Waals surface area contributed by atoms with Gasteiger partial charge in [0.25, 0.3) is 0 Å². The summed E-state index contributed by atoms with van der Waals surface area (Å²) in [4.78, 5) is 37.0. The Morgan fingerprint density at radius 2 is 0.928 bits per heavy atom. The van der Waals surface area contributed by atoms with Crippen LogP contribution in [0.2, 0.25) is 0 Å². The van der Waals surface area contributed by atoms with Crippen molar-refractivity contribution >= 4 is 28.5 Å². The molecule has 111 heavy (non-hydrogen) atoms. The largest absolute Gasteiger partial charge is 0.356 e. The molecule has 3 aromatic heterocycles. The molecular weight excluding hydrogens is 1370 g/mol. The minimum absolute atomic E-state index is 0.0623. The zero-order valence-electron chi connectivity index (χ0n) is 69.9. The van der Waals surface area contributed by atoms with E-state index in [9.17, 15) is 0 Å². The first kappa shape index (κ1) is 86.3. The van der Waals surface area contributed by atoms with Crippen LogP contribution in [0.4, 0.5) is 17.3 Å². The predicted molar refractivity (Wildman–Crippen MR) is 462 cm³/mol. The average molecular weight is 1510 g/mol. The number of rotatable bonds is 20. The van der Waals surface area contributed by atoms with Crippen LogP contribution in [0.15, 0.2) is 146 Å². The van der Waals surface area contributed by atoms with E-state index in [2.05, 4.69) is 232 Å². The Kier molecular flexibility index (Phi) is 34.2. The molecule has 0 saturated carbocycles. The second-order valence-electron chi connectivity index (χ2n) is 33.7. The van der Waals surface area contributed by atoms with E-state index < -0.39 is 0 Å². The summed E-state index contributed by atoms with van der Waals surface area (Å²) in [7, 11) is 0. The normalized spacial score (nSPS) is 21.1. The number of hydrogen-bond acceptors (Lipinski definition) is 13. The summed E-state index contributed by atoms with van der Waals surface area (Å²) in [6.45, 7) is 53.3. The summed E-state index contributed by atoms with van der Waals surface area (Å²) in [6.07, 6.45) is 33.8. The number of nitrogens with zero attached hydrogens (tertiary/aromatic N) is 13. The van der Waals surface area contributed by atoms with E-state index in [1.807, 2.05) is 23.1 Å². The number of pyridine rings is 1. The standard InChI is InChI=1S/C27H37N7O.C16H25N.C15H20N2.C15H24N2.C13H16N2.C9H19N/c1-3-27(4-2)12-16-32(17-13-27)22-19-29-24-25(30-22)34(23-11-5-6-18-35-23)31-26(24)33-15-8-9-20-21(33)10-7-14-28-20;1-3-16(4-2)10-12-17(13-11-16)14-15-8-6-5-7-9-15;1-3-15(16-2)9-11-17(12-10-15)13-14-7-5-4-6-8-14;1-2-15(13-16)8-10-17(11-9-15)12-14-6-4-3-5-7-14;1-14-13-7-9-15(10-8-13)11-12-5-3-2-4-6-12;1-3-9(4-2)5-7-10-8-6-9/h7,10,14,19,23H,3-6,8-9,11-13,15-18H2,1-2H3;5-9H,3-4,10-14H2,1-2H3;4-8H,3,9-13H2,1H3;3-7H,2,8-13,16H2,1H3;2-6,13H,7-11H2;10H,3-8H2,1-2H3. The van der Waals surface area contributed by atoms with Gasteiger partial charge < -0.3 is 35.3 Å². The van der Waals surface area contributed by atoms with E-state index in [4.69, 9.17) is 38.7 Å². The molecule has 602 valence electrons. The molecule has 3 N–H and O–H groups in total. The fourth-order valence-electron chi connectivity index (χ4n) is 18.3. The van der Waals surface area contributed by atoms with Gasteiger partial charge in [0.1, 0.15) is 5.82 Å². The lowest BCUT2D eigenvalue weighted by Gasteiger charge is -2.41. The quantitative estimate of drug-likeness (QED) is 0.0703. The molecule has 7 fully saturated rings. The smallest absolute Gasteiger partial charge is 0.234 e. The highest BCUT2D eigenvalue weighted by molar-refractivity contribution is 5.88. The van der Waals surface area contributed by atoms with Gasteiger partial charge in [-0.1, -0.05) is 215 Å². The van der Waals surface area contributed by atoms with Crippen LogP contribution in [0, 0.1) is 34.8 Å². The number of anilines is 3. The van der Waals surface area contributed by atoms with Crippen molar-refractivity contribution in [1.82, 2.24) is 49.6 Å². The number of piperidine rings is 6. The molecule has 0 bridgehead atoms. The van der Waals surface area contributed by atoms with E-state index in [0.29, 0.717) is 21.7 Å². The summed E-state index contributed by atoms with van der Waals surface area (Å²) in [5.41, 5.74) is 17.7. The SMILES string of the molecule is CCC1(CC)CCN(Cc2ccccc2)CC1.CCC1(CC)CCN(c2cnc3c(N4CCCc5ncccc54)nn(C4CCCCO4)c3n2)CC1.CCC1(CC)CCNCC1.CCC1(CN)CCN(Cc2ccccc2)CC1.[C-]#[N+]C1(CC)CCN(Cc2ccccc2)CC1.[C-]#[N+]C1CCN(Cc2ccccc2)CC1. The highest BCUT2D eigenvalue weighted by atomic mass is 16.5. The van der Waals surface area contributed by atoms with E-state index in [1.54, 1.807) is 0 Å². The maximum atomic E-state index is 7.34. The number of ether oxygens (including phenoxy) is 1. The lowest BCUT2D eigenvalue weighted by atomic mass is 9.74. The molecule has 15 rings (SSSR count). The maximum Gasteiger partial charge on any atom is 0.234 e. The van der Waals surface area contributed by atoms with Crippen molar-refractivity contribution in [3.63, 3.8) is 0 Å². The lowest BCUT2D eigenvalue weighted by Crippen LogP contribution is -2.43. The van der Waals surface area contributed by atoms with Crippen LogP contribution in [0.5, 0.6) is 0 Å². The number of hydrogen-bond donors (Lipinski definition) is 2. The minimum Gasteiger partial charge on any atom is -0.356 e. The van der Waals surface area contributed by atoms with Gasteiger partial charge in [0.15, 0.2) is 23.2 Å². The summed E-state index contributed by atoms with van der Waals surface area (Å²) in [6, 6.07) is 47.2. The van der Waals surface area contributed by atoms with Gasteiger partial charge in [0, 0.05) is 117 Å². The molecule has 0 radical (unpaired) electrons. The third kappa shape index (κ3) is 24.5. The van der Waals surface area contributed by atoms with Crippen molar-refractivity contribution in [2.45, 2.75) is 260 Å². The summed E-state index contributed by atoms with van der Waals surface area (Å²) < 4.78 is 8.18. The monoisotopic (exact) mass is 1510 g/mol. The van der Waals surface area contributed by atoms with Gasteiger partial charge in [-0.15, -0.1) is 5.10 Å². The van der Waals surface area contributed by atoms with E-state index in [1.165, 1.54) is 158 Å². The number of aromatic nitrogens is 5. The van der Waals surface area contributed by atoms with Crippen LogP contribution in [-0.2, 0) is 37.3 Å². The van der Waals surface area contributed by atoms with Gasteiger partial charge in [0.05, 0.1) is 17.6 Å². The first-order valence-corrected chi connectivity index (χ1v) is 43.8. The van der Waals surface area contributed by atoms with Crippen LogP contribution in [0.1, 0.15) is 244 Å². The average Bonchev–Trinajstić information content (AvgIpc) is 1.61. The molecule has 16 heteroatoms. The molecule has 4 aromatic carbocycles. The van der Waals surface area contributed by atoms with Gasteiger partial charge >= 0.3 is 0 Å². The van der Waals surface area contributed by atoms with Gasteiger partial charge in [0.2, 0.25) is 11.6 Å². The highest BCUT2D eigenvalue weighted by Gasteiger charge is 2.40. The molecule has 0 spiro atoms. The molecule has 7 aromatic rings. The van der Waals surface area contributed by atoms with Crippen LogP contribution < -0.4 is 20.9 Å². The first-order chi connectivity index (χ1) is 54.3. The fraction of sp³-hybridized carbons (Fsp3) is 0.621. The summed E-state index contributed by atoms with van der Waals surface area (Å²) in [5.74, 6) is 1.83. The molecule has 8 aliphatic heterocycles. The number of nitrogens with one attached hydrogen (secondary N) is 1. The van der Waals surface area contributed by atoms with E-state index >= 15 is 0 Å². The zero-order chi connectivity index (χ0) is 78.2. The second kappa shape index (κ2) is 43.9. The molecule has 0 aliphatic carbocycles. The Hall–Kier alpha value is -7.12. The Morgan fingerprint density at radius 1 is 0.477 bits per heavy atom. The van der Waals surface area contributed by atoms with Crippen molar-refractivity contribution in [2.24, 2.45) is 27.4 Å². The Bertz CT molecular complexity index is 3730. The molecule has 1 unspecified atom stereocenters. The van der Waals surface area contributed by atoms with Gasteiger partial charge in [-0.05, 0) is 192 Å². The summed E-state index contributed by atoms with van der Waals surface area (Å²) >= 11 is 0. The van der Waals surface area contributed by atoms with Crippen molar-refractivity contribution in [1.29, 1.82) is 0 Å². The van der Waals surface area contributed by atoms with Crippen molar-refractivity contribution < 1.29 is 4.74 Å². The van der Waals surface area contributed by atoms with Crippen LogP contribution >= 0.6 is 0 Å². The fourth-order valence-corrected chi connectivity index (χ4v) is 18.3. The lowest BCUT2D eigenvalue weighted by molar-refractivity contribution is -0.0368. The third-order valence-corrected chi connectivity index (χ3v) is 27.8. The Labute approximate surface area is 671 Å². The van der Waals surface area contributed by atoms with Crippen molar-refractivity contribution in [2.75, 3.05) is 108 Å². The minimum atomic E-state index is -0.0862. The number of benzene rings is 4. The number of likely N-dealkylation sites (tertiary alicyclic amines) is 4. The molecule has 7 saturated heterocycles. The van der Waals surface area contributed by atoms with Gasteiger partial charge in [-0.25, -0.2) is 27.8 Å². The van der Waals surface area contributed by atoms with Crippen molar-refractivity contribution in [3.05, 3.63) is 197 Å². The Balaban J connectivity index is 0.000000149. The van der Waals surface area contributed by atoms with E-state index in [0.717, 1.165) is 184 Å². The summed E-state index contributed by atoms with van der Waals surface area (Å²) in [5, 5.41) is 8.53. The van der Waals surface area contributed by atoms with E-state index in [-0.39, 0.29) is 17.8 Å². The zero-order valence-corrected chi connectivity index (χ0v) is 69.9. The Morgan fingerprint density at radius 3 is 1.35 bits per heavy atom. The van der Waals surface area contributed by atoms with Crippen LogP contribution in [0.25, 0.3) is 20.9 Å². The molecule has 8 aliphatic rings. The van der Waals surface area contributed by atoms with Gasteiger partial charge in [-0.2, -0.15) is 0 Å². The molecule has 16 nitrogen and oxygen atoms in total. The number of aryl methyl sites for hydroxylation is 1. The number of nitrogens with two attached hydrogens (primary N) is 1. The topological polar surface area (TPSA) is 132 Å². The number of fused-ring (bicyclic) bond motifs is 2. The van der Waals surface area contributed by atoms with Crippen molar-refractivity contribution in [3.8, 4) is 0 Å². The predicted octanol–water partition coefficient (Wildman–Crippen LogP) is 20.2. The van der Waals surface area contributed by atoms with Crippen LogP contribution in [0.3, 0.4) is 0 Å². The molecular formula is C95H141N15O. The maximum absolute atomic E-state index is 7.34. The molecule has 11 heterocycles. The first-order valence-electron chi connectivity index (χ1n) is 43.8. The molecule has 1 atom stereocenters. The third-order valence-electron chi connectivity index (χ3n) is 27.8.